The van der Waals surface area contributed by atoms with E-state index in [1.54, 1.807) is 0 Å². The summed E-state index contributed by atoms with van der Waals surface area (Å²) in [6.45, 7) is 0.144. The van der Waals surface area contributed by atoms with Crippen LogP contribution >= 0.6 is 15.9 Å². The minimum Gasteiger partial charge on any atom is -0.368 e. The Morgan fingerprint density at radius 2 is 1.59 bits per heavy atom. The van der Waals surface area contributed by atoms with Crippen molar-refractivity contribution in [3.05, 3.63) is 87.1 Å². The quantitative estimate of drug-likeness (QED) is 0.186. The molecular formula is C30H22BBrF8N5O4. The van der Waals surface area contributed by atoms with Gasteiger partial charge in [-0.2, -0.15) is 31.6 Å². The number of rotatable bonds is 11. The van der Waals surface area contributed by atoms with E-state index in [4.69, 9.17) is 11.0 Å². The van der Waals surface area contributed by atoms with Crippen molar-refractivity contribution in [1.82, 2.24) is 5.32 Å². The van der Waals surface area contributed by atoms with E-state index in [-0.39, 0.29) is 23.3 Å². The fraction of sp³-hybridized carbons (Fsp3) is 0.233. The van der Waals surface area contributed by atoms with Gasteiger partial charge in [-0.25, -0.2) is 8.78 Å². The van der Waals surface area contributed by atoms with E-state index in [1.807, 2.05) is 6.07 Å². The van der Waals surface area contributed by atoms with Gasteiger partial charge in [-0.15, -0.1) is 0 Å². The van der Waals surface area contributed by atoms with Crippen LogP contribution in [0.5, 0.6) is 0 Å². The van der Waals surface area contributed by atoms with Crippen LogP contribution in [0.25, 0.3) is 0 Å². The SMILES string of the molecule is C[B]c1cc(C(F)(C(F)(F)F)C(F)(F)F)cc(Br)c1NC(=O)c1cccc(N(CCC(=O)NCC(N)=O)C(=O)c2ccc(C#N)cc2)c1F. The van der Waals surface area contributed by atoms with Crippen LogP contribution in [0.2, 0.25) is 6.82 Å². The van der Waals surface area contributed by atoms with E-state index < -0.39 is 99.4 Å². The maximum atomic E-state index is 16.0. The summed E-state index contributed by atoms with van der Waals surface area (Å²) in [5.74, 6) is -5.10. The van der Waals surface area contributed by atoms with E-state index in [0.29, 0.717) is 0 Å². The molecule has 0 bridgehead atoms. The second-order valence-corrected chi connectivity index (χ2v) is 11.0. The monoisotopic (exact) mass is 758 g/mol. The Balaban J connectivity index is 2.04. The Morgan fingerprint density at radius 1 is 0.980 bits per heavy atom. The predicted octanol–water partition coefficient (Wildman–Crippen LogP) is 5.02. The lowest BCUT2D eigenvalue weighted by molar-refractivity contribution is -0.348. The van der Waals surface area contributed by atoms with Gasteiger partial charge in [-0.1, -0.05) is 24.4 Å². The molecule has 0 atom stereocenters. The Labute approximate surface area is 281 Å². The van der Waals surface area contributed by atoms with Gasteiger partial charge >= 0.3 is 18.0 Å². The fourth-order valence-electron chi connectivity index (χ4n) is 4.42. The number of halogens is 9. The van der Waals surface area contributed by atoms with Crippen LogP contribution in [0.15, 0.2) is 59.1 Å². The Bertz CT molecular complexity index is 1800. The number of carbonyl (C=O) groups is 4. The van der Waals surface area contributed by atoms with Gasteiger partial charge in [-0.3, -0.25) is 19.2 Å². The molecule has 49 heavy (non-hydrogen) atoms. The first-order valence-electron chi connectivity index (χ1n) is 13.7. The van der Waals surface area contributed by atoms with Crippen molar-refractivity contribution in [1.29, 1.82) is 5.26 Å². The summed E-state index contributed by atoms with van der Waals surface area (Å²) in [6, 6.07) is 10.6. The highest BCUT2D eigenvalue weighted by atomic mass is 79.9. The number of primary amides is 1. The van der Waals surface area contributed by atoms with E-state index in [2.05, 4.69) is 26.6 Å². The van der Waals surface area contributed by atoms with Crippen LogP contribution in [-0.2, 0) is 15.3 Å². The molecule has 3 aromatic rings. The van der Waals surface area contributed by atoms with Crippen molar-refractivity contribution in [3.8, 4) is 6.07 Å². The summed E-state index contributed by atoms with van der Waals surface area (Å²) >= 11 is 2.76. The van der Waals surface area contributed by atoms with E-state index >= 15 is 4.39 Å². The van der Waals surface area contributed by atoms with Crippen molar-refractivity contribution in [2.75, 3.05) is 23.3 Å². The van der Waals surface area contributed by atoms with Gasteiger partial charge in [0.05, 0.1) is 29.4 Å². The largest absolute Gasteiger partial charge is 0.435 e. The molecule has 9 nitrogen and oxygen atoms in total. The highest BCUT2D eigenvalue weighted by molar-refractivity contribution is 9.10. The average molecular weight is 759 g/mol. The molecule has 0 aromatic heterocycles. The van der Waals surface area contributed by atoms with Gasteiger partial charge in [0.15, 0.2) is 13.1 Å². The van der Waals surface area contributed by atoms with Gasteiger partial charge in [0.1, 0.15) is 0 Å². The maximum absolute atomic E-state index is 16.0. The minimum absolute atomic E-state index is 0.0559. The molecule has 0 aliphatic heterocycles. The van der Waals surface area contributed by atoms with Crippen LogP contribution in [-0.4, -0.2) is 56.4 Å². The molecule has 4 N–H and O–H groups in total. The molecule has 0 saturated heterocycles. The highest BCUT2D eigenvalue weighted by Crippen LogP contribution is 2.53. The normalized spacial score (nSPS) is 11.7. The van der Waals surface area contributed by atoms with Crippen LogP contribution in [0.4, 0.5) is 46.5 Å². The number of nitriles is 1. The van der Waals surface area contributed by atoms with Crippen molar-refractivity contribution < 1.29 is 54.3 Å². The Morgan fingerprint density at radius 3 is 2.12 bits per heavy atom. The molecule has 0 spiro atoms. The van der Waals surface area contributed by atoms with E-state index in [0.717, 1.165) is 30.4 Å². The lowest BCUT2D eigenvalue weighted by Crippen LogP contribution is -2.50. The number of nitrogens with zero attached hydrogens (tertiary/aromatic N) is 2. The smallest absolute Gasteiger partial charge is 0.368 e. The molecule has 3 aromatic carbocycles. The predicted molar refractivity (Wildman–Crippen MR) is 164 cm³/mol. The van der Waals surface area contributed by atoms with E-state index in [9.17, 15) is 49.9 Å². The van der Waals surface area contributed by atoms with Gasteiger partial charge in [0.25, 0.3) is 11.8 Å². The van der Waals surface area contributed by atoms with Crippen LogP contribution in [0.3, 0.4) is 0 Å². The maximum Gasteiger partial charge on any atom is 0.435 e. The molecule has 0 unspecified atom stereocenters. The van der Waals surface area contributed by atoms with Crippen molar-refractivity contribution in [2.45, 2.75) is 31.3 Å². The van der Waals surface area contributed by atoms with Crippen LogP contribution < -0.4 is 26.7 Å². The lowest BCUT2D eigenvalue weighted by atomic mass is 9.71. The third-order valence-corrected chi connectivity index (χ3v) is 7.52. The van der Waals surface area contributed by atoms with Gasteiger partial charge in [-0.05, 0) is 58.4 Å². The number of hydrogen-bond acceptors (Lipinski definition) is 5. The molecule has 0 heterocycles. The molecule has 1 radical (unpaired) electrons. The third kappa shape index (κ3) is 8.36. The number of benzene rings is 3. The van der Waals surface area contributed by atoms with Gasteiger partial charge in [0, 0.05) is 34.3 Å². The number of nitrogens with two attached hydrogens (primary N) is 1. The molecule has 19 heteroatoms. The summed E-state index contributed by atoms with van der Waals surface area (Å²) in [7, 11) is 0.977. The molecule has 0 saturated carbocycles. The number of hydrogen-bond donors (Lipinski definition) is 3. The number of carbonyl (C=O) groups excluding carboxylic acids is 4. The Hall–Kier alpha value is -4.99. The molecular weight excluding hydrogens is 737 g/mol. The standard InChI is InChI=1S/C30H22BBrF8N5O4/c1-31-19-11-17(28(34,29(35,36)37)30(38,39)40)12-20(32)25(19)44-26(48)18-3-2-4-21(24(18)33)45(10-9-23(47)43-14-22(42)46)27(49)16-7-5-15(13-41)6-8-16/h2-8,11-12H,9-10,14H2,1H3,(H2,42,46)(H,43,47)(H,44,48). The third-order valence-electron chi connectivity index (χ3n) is 6.89. The van der Waals surface area contributed by atoms with Gasteiger partial charge < -0.3 is 21.3 Å². The van der Waals surface area contributed by atoms with E-state index in [1.165, 1.54) is 31.1 Å². The summed E-state index contributed by atoms with van der Waals surface area (Å²) in [6.07, 6.45) is -13.3. The molecule has 0 aliphatic carbocycles. The molecule has 0 aliphatic rings. The first kappa shape index (κ1) is 38.5. The summed E-state index contributed by atoms with van der Waals surface area (Å²) in [4.78, 5) is 50.9. The fourth-order valence-corrected chi connectivity index (χ4v) is 5.00. The highest BCUT2D eigenvalue weighted by Gasteiger charge is 2.73. The number of amides is 4. The van der Waals surface area contributed by atoms with Gasteiger partial charge in [0.2, 0.25) is 11.8 Å². The second-order valence-electron chi connectivity index (χ2n) is 10.1. The zero-order valence-electron chi connectivity index (χ0n) is 24.9. The molecule has 3 rings (SSSR count). The summed E-state index contributed by atoms with van der Waals surface area (Å²) in [5, 5.41) is 13.4. The Kier molecular flexibility index (Phi) is 11.8. The number of anilines is 2. The first-order chi connectivity index (χ1) is 22.8. The first-order valence-corrected chi connectivity index (χ1v) is 14.5. The minimum atomic E-state index is -6.41. The van der Waals surface area contributed by atoms with Crippen molar-refractivity contribution in [3.63, 3.8) is 0 Å². The lowest BCUT2D eigenvalue weighted by Gasteiger charge is -2.31. The molecule has 4 amide bonds. The molecule has 0 fully saturated rings. The van der Waals surface area contributed by atoms with Crippen LogP contribution in [0.1, 0.15) is 38.3 Å². The topological polar surface area (TPSA) is 145 Å². The van der Waals surface area contributed by atoms with Crippen molar-refractivity contribution in [2.24, 2.45) is 5.73 Å². The summed E-state index contributed by atoms with van der Waals surface area (Å²) < 4.78 is 111. The molecule has 257 valence electrons. The van der Waals surface area contributed by atoms with Crippen molar-refractivity contribution >= 4 is 63.7 Å². The summed E-state index contributed by atoms with van der Waals surface area (Å²) in [5.41, 5.74) is -4.69. The second kappa shape index (κ2) is 15.1. The number of nitrogens with one attached hydrogen (secondary N) is 2. The zero-order valence-corrected chi connectivity index (χ0v) is 26.5. The zero-order chi connectivity index (χ0) is 36.9. The van der Waals surface area contributed by atoms with Crippen LogP contribution in [0, 0.1) is 17.1 Å². The number of alkyl halides is 7. The average Bonchev–Trinajstić information content (AvgIpc) is 3.03.